The van der Waals surface area contributed by atoms with E-state index >= 15 is 0 Å². The van der Waals surface area contributed by atoms with Crippen molar-refractivity contribution >= 4 is 23.2 Å². The number of carbonyl (C=O) groups excluding carboxylic acids is 2. The first-order valence-corrected chi connectivity index (χ1v) is 7.40. The highest BCUT2D eigenvalue weighted by Gasteiger charge is 2.27. The molecule has 0 saturated carbocycles. The molecule has 1 heterocycles. The number of carbonyl (C=O) groups is 2. The van der Waals surface area contributed by atoms with E-state index in [-0.39, 0.29) is 17.9 Å². The largest absolute Gasteiger partial charge is 0.326 e. The fraction of sp³-hybridized carbons (Fsp3) is 0.500. The maximum atomic E-state index is 12.3. The summed E-state index contributed by atoms with van der Waals surface area (Å²) in [4.78, 5) is 23.4. The fourth-order valence-corrected chi connectivity index (χ4v) is 2.69. The zero-order chi connectivity index (χ0) is 15.4. The SMILES string of the molecule is CC(=O)Nc1ccc(NC(=O)C2NCCCC2C)cc1C. The number of rotatable bonds is 3. The molecule has 2 amide bonds. The highest BCUT2D eigenvalue weighted by atomic mass is 16.2. The minimum Gasteiger partial charge on any atom is -0.326 e. The smallest absolute Gasteiger partial charge is 0.241 e. The molecular formula is C16H23N3O2. The summed E-state index contributed by atoms with van der Waals surface area (Å²) in [5, 5.41) is 8.98. The van der Waals surface area contributed by atoms with Crippen molar-refractivity contribution in [3.63, 3.8) is 0 Å². The van der Waals surface area contributed by atoms with Crippen molar-refractivity contribution in [2.45, 2.75) is 39.7 Å². The molecule has 0 aliphatic carbocycles. The molecule has 0 spiro atoms. The molecule has 5 heteroatoms. The number of nitrogens with one attached hydrogen (secondary N) is 3. The van der Waals surface area contributed by atoms with Gasteiger partial charge in [-0.25, -0.2) is 0 Å². The Bertz CT molecular complexity index is 542. The summed E-state index contributed by atoms with van der Waals surface area (Å²) in [6.07, 6.45) is 2.20. The third kappa shape index (κ3) is 4.04. The number of hydrogen-bond acceptors (Lipinski definition) is 3. The molecule has 1 fully saturated rings. The molecule has 1 aliphatic heterocycles. The lowest BCUT2D eigenvalue weighted by atomic mass is 9.92. The van der Waals surface area contributed by atoms with Crippen LogP contribution < -0.4 is 16.0 Å². The van der Waals surface area contributed by atoms with Crippen LogP contribution in [0.5, 0.6) is 0 Å². The van der Waals surface area contributed by atoms with Crippen molar-refractivity contribution in [1.29, 1.82) is 0 Å². The van der Waals surface area contributed by atoms with Gasteiger partial charge in [-0.05, 0) is 56.0 Å². The van der Waals surface area contributed by atoms with E-state index in [0.29, 0.717) is 5.92 Å². The molecule has 1 saturated heterocycles. The van der Waals surface area contributed by atoms with Crippen molar-refractivity contribution in [3.8, 4) is 0 Å². The van der Waals surface area contributed by atoms with E-state index in [2.05, 4.69) is 22.9 Å². The summed E-state index contributed by atoms with van der Waals surface area (Å²) in [5.74, 6) is 0.252. The van der Waals surface area contributed by atoms with Crippen molar-refractivity contribution in [2.75, 3.05) is 17.2 Å². The van der Waals surface area contributed by atoms with Crippen LogP contribution in [-0.4, -0.2) is 24.4 Å². The van der Waals surface area contributed by atoms with Crippen LogP contribution in [0.3, 0.4) is 0 Å². The van der Waals surface area contributed by atoms with E-state index in [1.807, 2.05) is 25.1 Å². The quantitative estimate of drug-likeness (QED) is 0.799. The lowest BCUT2D eigenvalue weighted by Crippen LogP contribution is -2.48. The van der Waals surface area contributed by atoms with Crippen molar-refractivity contribution in [3.05, 3.63) is 23.8 Å². The summed E-state index contributed by atoms with van der Waals surface area (Å²) >= 11 is 0. The van der Waals surface area contributed by atoms with Gasteiger partial charge in [-0.15, -0.1) is 0 Å². The fourth-order valence-electron chi connectivity index (χ4n) is 2.69. The third-order valence-electron chi connectivity index (χ3n) is 3.86. The van der Waals surface area contributed by atoms with Gasteiger partial charge in [0.15, 0.2) is 0 Å². The molecule has 2 rings (SSSR count). The van der Waals surface area contributed by atoms with Crippen LogP contribution in [0, 0.1) is 12.8 Å². The normalized spacial score (nSPS) is 21.7. The van der Waals surface area contributed by atoms with Crippen LogP contribution >= 0.6 is 0 Å². The van der Waals surface area contributed by atoms with Crippen molar-refractivity contribution in [1.82, 2.24) is 5.32 Å². The van der Waals surface area contributed by atoms with Crippen LogP contribution in [0.2, 0.25) is 0 Å². The van der Waals surface area contributed by atoms with Crippen LogP contribution in [0.4, 0.5) is 11.4 Å². The molecule has 0 bridgehead atoms. The van der Waals surface area contributed by atoms with Crippen LogP contribution in [0.1, 0.15) is 32.3 Å². The van der Waals surface area contributed by atoms with Gasteiger partial charge in [0.2, 0.25) is 11.8 Å². The monoisotopic (exact) mass is 289 g/mol. The van der Waals surface area contributed by atoms with Crippen molar-refractivity contribution < 1.29 is 9.59 Å². The average molecular weight is 289 g/mol. The van der Waals surface area contributed by atoms with Gasteiger partial charge in [0, 0.05) is 18.3 Å². The minimum absolute atomic E-state index is 0.00822. The number of piperidine rings is 1. The van der Waals surface area contributed by atoms with Gasteiger partial charge in [0.1, 0.15) is 0 Å². The lowest BCUT2D eigenvalue weighted by molar-refractivity contribution is -0.119. The standard InChI is InChI=1S/C16H23N3O2/c1-10-5-4-8-17-15(10)16(21)19-13-6-7-14(11(2)9-13)18-12(3)20/h6-7,9-10,15,17H,4-5,8H2,1-3H3,(H,18,20)(H,19,21). The topological polar surface area (TPSA) is 70.2 Å². The second kappa shape index (κ2) is 6.72. The predicted octanol–water partition coefficient (Wildman–Crippen LogP) is 2.28. The minimum atomic E-state index is -0.130. The van der Waals surface area contributed by atoms with Crippen LogP contribution in [0.25, 0.3) is 0 Å². The van der Waals surface area contributed by atoms with E-state index < -0.39 is 0 Å². The first kappa shape index (κ1) is 15.5. The number of amides is 2. The predicted molar refractivity (Wildman–Crippen MR) is 84.3 cm³/mol. The summed E-state index contributed by atoms with van der Waals surface area (Å²) < 4.78 is 0. The number of anilines is 2. The zero-order valence-corrected chi connectivity index (χ0v) is 12.8. The summed E-state index contributed by atoms with van der Waals surface area (Å²) in [6.45, 7) is 6.37. The van der Waals surface area contributed by atoms with Gasteiger partial charge in [-0.3, -0.25) is 9.59 Å². The molecule has 3 N–H and O–H groups in total. The van der Waals surface area contributed by atoms with Gasteiger partial charge in [0.05, 0.1) is 6.04 Å². The van der Waals surface area contributed by atoms with Gasteiger partial charge in [-0.2, -0.15) is 0 Å². The van der Waals surface area contributed by atoms with E-state index in [1.165, 1.54) is 6.92 Å². The molecule has 21 heavy (non-hydrogen) atoms. The van der Waals surface area contributed by atoms with Gasteiger partial charge in [-0.1, -0.05) is 6.92 Å². The molecule has 0 radical (unpaired) electrons. The Morgan fingerprint density at radius 3 is 2.67 bits per heavy atom. The molecule has 1 aromatic carbocycles. The van der Waals surface area contributed by atoms with E-state index in [1.54, 1.807) is 0 Å². The Kier molecular flexibility index (Phi) is 4.96. The third-order valence-corrected chi connectivity index (χ3v) is 3.86. The van der Waals surface area contributed by atoms with Crippen LogP contribution in [-0.2, 0) is 9.59 Å². The molecule has 1 aromatic rings. The highest BCUT2D eigenvalue weighted by molar-refractivity contribution is 5.96. The molecular weight excluding hydrogens is 266 g/mol. The van der Waals surface area contributed by atoms with Crippen LogP contribution in [0.15, 0.2) is 18.2 Å². The Morgan fingerprint density at radius 1 is 1.29 bits per heavy atom. The molecule has 114 valence electrons. The molecule has 1 aliphatic rings. The number of aryl methyl sites for hydroxylation is 1. The number of benzene rings is 1. The first-order valence-electron chi connectivity index (χ1n) is 7.40. The van der Waals surface area contributed by atoms with Gasteiger partial charge < -0.3 is 16.0 Å². The molecule has 2 atom stereocenters. The van der Waals surface area contributed by atoms with E-state index in [9.17, 15) is 9.59 Å². The Balaban J connectivity index is 2.04. The Labute approximate surface area is 125 Å². The van der Waals surface area contributed by atoms with Gasteiger partial charge in [0.25, 0.3) is 0 Å². The second-order valence-corrected chi connectivity index (χ2v) is 5.75. The average Bonchev–Trinajstić information content (AvgIpc) is 2.42. The molecule has 0 aromatic heterocycles. The highest BCUT2D eigenvalue weighted by Crippen LogP contribution is 2.21. The second-order valence-electron chi connectivity index (χ2n) is 5.75. The first-order chi connectivity index (χ1) is 9.97. The molecule has 2 unspecified atom stereocenters. The maximum Gasteiger partial charge on any atom is 0.241 e. The zero-order valence-electron chi connectivity index (χ0n) is 12.8. The van der Waals surface area contributed by atoms with Crippen molar-refractivity contribution in [2.24, 2.45) is 5.92 Å². The van der Waals surface area contributed by atoms with E-state index in [0.717, 1.165) is 36.3 Å². The number of hydrogen-bond donors (Lipinski definition) is 3. The summed E-state index contributed by atoms with van der Waals surface area (Å²) in [6, 6.07) is 5.36. The summed E-state index contributed by atoms with van der Waals surface area (Å²) in [7, 11) is 0. The molecule has 5 nitrogen and oxygen atoms in total. The maximum absolute atomic E-state index is 12.3. The lowest BCUT2D eigenvalue weighted by Gasteiger charge is -2.29. The van der Waals surface area contributed by atoms with E-state index in [4.69, 9.17) is 0 Å². The Morgan fingerprint density at radius 2 is 2.05 bits per heavy atom. The van der Waals surface area contributed by atoms with Gasteiger partial charge >= 0.3 is 0 Å². The summed E-state index contributed by atoms with van der Waals surface area (Å²) in [5.41, 5.74) is 2.45. The Hall–Kier alpha value is -1.88.